The van der Waals surface area contributed by atoms with E-state index in [9.17, 15) is 9.59 Å². The SMILES string of the molecule is Cc1cccc(CCCCCOC(=O)OCC(N)C(=O)O)c1. The summed E-state index contributed by atoms with van der Waals surface area (Å²) in [5.74, 6) is -1.22. The molecule has 6 nitrogen and oxygen atoms in total. The molecule has 0 heterocycles. The van der Waals surface area contributed by atoms with E-state index in [1.807, 2.05) is 6.07 Å². The van der Waals surface area contributed by atoms with Gasteiger partial charge in [-0.05, 0) is 38.2 Å². The third kappa shape index (κ3) is 7.64. The van der Waals surface area contributed by atoms with Crippen molar-refractivity contribution in [2.45, 2.75) is 38.6 Å². The van der Waals surface area contributed by atoms with E-state index in [1.54, 1.807) is 0 Å². The van der Waals surface area contributed by atoms with Gasteiger partial charge in [0, 0.05) is 0 Å². The minimum Gasteiger partial charge on any atom is -0.480 e. The van der Waals surface area contributed by atoms with Crippen LogP contribution in [0.4, 0.5) is 4.79 Å². The Hall–Kier alpha value is -2.08. The van der Waals surface area contributed by atoms with E-state index in [-0.39, 0.29) is 13.2 Å². The molecule has 1 atom stereocenters. The molecule has 0 saturated carbocycles. The first-order chi connectivity index (χ1) is 10.5. The molecule has 0 bridgehead atoms. The maximum absolute atomic E-state index is 11.2. The first-order valence-corrected chi connectivity index (χ1v) is 7.32. The van der Waals surface area contributed by atoms with Crippen LogP contribution in [0.25, 0.3) is 0 Å². The zero-order valence-electron chi connectivity index (χ0n) is 12.8. The lowest BCUT2D eigenvalue weighted by Gasteiger charge is -2.08. The van der Waals surface area contributed by atoms with Crippen LogP contribution < -0.4 is 5.73 Å². The monoisotopic (exact) mass is 309 g/mol. The molecule has 0 aliphatic heterocycles. The van der Waals surface area contributed by atoms with Crippen LogP contribution in [-0.2, 0) is 20.7 Å². The minimum absolute atomic E-state index is 0.259. The second-order valence-corrected chi connectivity index (χ2v) is 5.15. The van der Waals surface area contributed by atoms with Crippen LogP contribution in [-0.4, -0.2) is 36.5 Å². The Kier molecular flexibility index (Phi) is 7.99. The lowest BCUT2D eigenvalue weighted by atomic mass is 10.1. The van der Waals surface area contributed by atoms with Gasteiger partial charge in [-0.2, -0.15) is 0 Å². The molecule has 0 fully saturated rings. The molecule has 0 amide bonds. The smallest absolute Gasteiger partial charge is 0.480 e. The van der Waals surface area contributed by atoms with E-state index in [0.717, 1.165) is 25.7 Å². The summed E-state index contributed by atoms with van der Waals surface area (Å²) in [5, 5.41) is 8.52. The minimum atomic E-state index is -1.22. The molecular weight excluding hydrogens is 286 g/mol. The molecule has 6 heteroatoms. The molecule has 0 spiro atoms. The van der Waals surface area contributed by atoms with Gasteiger partial charge < -0.3 is 20.3 Å². The van der Waals surface area contributed by atoms with Crippen molar-refractivity contribution in [1.29, 1.82) is 0 Å². The third-order valence-electron chi connectivity index (χ3n) is 3.11. The Labute approximate surface area is 130 Å². The number of nitrogens with two attached hydrogens (primary N) is 1. The van der Waals surface area contributed by atoms with Gasteiger partial charge in [-0.3, -0.25) is 4.79 Å². The van der Waals surface area contributed by atoms with Gasteiger partial charge in [-0.25, -0.2) is 4.79 Å². The van der Waals surface area contributed by atoms with Gasteiger partial charge in [0.05, 0.1) is 6.61 Å². The van der Waals surface area contributed by atoms with E-state index in [4.69, 9.17) is 15.6 Å². The fourth-order valence-corrected chi connectivity index (χ4v) is 1.90. The average molecular weight is 309 g/mol. The number of carbonyl (C=O) groups is 2. The number of carbonyl (C=O) groups excluding carboxylic acids is 1. The number of aliphatic carboxylic acids is 1. The lowest BCUT2D eigenvalue weighted by Crippen LogP contribution is -2.35. The highest BCUT2D eigenvalue weighted by Gasteiger charge is 2.14. The van der Waals surface area contributed by atoms with Crippen molar-refractivity contribution in [2.24, 2.45) is 5.73 Å². The van der Waals surface area contributed by atoms with Crippen molar-refractivity contribution in [2.75, 3.05) is 13.2 Å². The Morgan fingerprint density at radius 1 is 1.23 bits per heavy atom. The lowest BCUT2D eigenvalue weighted by molar-refractivity contribution is -0.139. The zero-order chi connectivity index (χ0) is 16.4. The quantitative estimate of drug-likeness (QED) is 0.536. The van der Waals surface area contributed by atoms with Gasteiger partial charge in [0.1, 0.15) is 12.6 Å². The van der Waals surface area contributed by atoms with Crippen LogP contribution in [0.5, 0.6) is 0 Å². The molecule has 0 aliphatic rings. The normalized spacial score (nSPS) is 11.7. The van der Waals surface area contributed by atoms with Crippen molar-refractivity contribution in [1.82, 2.24) is 0 Å². The molecule has 1 unspecified atom stereocenters. The highest BCUT2D eigenvalue weighted by Crippen LogP contribution is 2.09. The van der Waals surface area contributed by atoms with Crippen molar-refractivity contribution in [3.05, 3.63) is 35.4 Å². The number of aryl methyl sites for hydroxylation is 2. The Bertz CT molecular complexity index is 489. The molecule has 1 rings (SSSR count). The van der Waals surface area contributed by atoms with Crippen molar-refractivity contribution in [3.8, 4) is 0 Å². The summed E-state index contributed by atoms with van der Waals surface area (Å²) in [6.45, 7) is 1.94. The molecule has 0 aromatic heterocycles. The number of rotatable bonds is 9. The van der Waals surface area contributed by atoms with E-state index in [0.29, 0.717) is 0 Å². The maximum atomic E-state index is 11.2. The highest BCUT2D eigenvalue weighted by molar-refractivity contribution is 5.73. The molecule has 22 heavy (non-hydrogen) atoms. The highest BCUT2D eigenvalue weighted by atomic mass is 16.7. The van der Waals surface area contributed by atoms with Crippen LogP contribution in [0.3, 0.4) is 0 Å². The Morgan fingerprint density at radius 3 is 2.68 bits per heavy atom. The summed E-state index contributed by atoms with van der Waals surface area (Å²) < 4.78 is 9.42. The Balaban J connectivity index is 2.03. The van der Waals surface area contributed by atoms with Gasteiger partial charge in [0.25, 0.3) is 0 Å². The molecule has 0 radical (unpaired) electrons. The first-order valence-electron chi connectivity index (χ1n) is 7.32. The first kappa shape index (κ1) is 18.0. The molecule has 1 aromatic carbocycles. The summed E-state index contributed by atoms with van der Waals surface area (Å²) >= 11 is 0. The molecule has 1 aromatic rings. The number of hydrogen-bond acceptors (Lipinski definition) is 5. The van der Waals surface area contributed by atoms with Crippen molar-refractivity contribution in [3.63, 3.8) is 0 Å². The predicted octanol–water partition coefficient (Wildman–Crippen LogP) is 2.27. The molecule has 0 saturated heterocycles. The zero-order valence-corrected chi connectivity index (χ0v) is 12.8. The van der Waals surface area contributed by atoms with Gasteiger partial charge in [0.2, 0.25) is 0 Å². The van der Waals surface area contributed by atoms with E-state index < -0.39 is 18.2 Å². The topological polar surface area (TPSA) is 98.9 Å². The van der Waals surface area contributed by atoms with Crippen LogP contribution in [0.1, 0.15) is 30.4 Å². The third-order valence-corrected chi connectivity index (χ3v) is 3.11. The largest absolute Gasteiger partial charge is 0.508 e. The number of carboxylic acid groups (broad SMARTS) is 1. The van der Waals surface area contributed by atoms with E-state index in [2.05, 4.69) is 29.9 Å². The number of ether oxygens (including phenoxy) is 2. The van der Waals surface area contributed by atoms with Crippen molar-refractivity contribution >= 4 is 12.1 Å². The second-order valence-electron chi connectivity index (χ2n) is 5.15. The fourth-order valence-electron chi connectivity index (χ4n) is 1.90. The molecule has 0 aliphatic carbocycles. The summed E-state index contributed by atoms with van der Waals surface area (Å²) in [7, 11) is 0. The Morgan fingerprint density at radius 2 is 2.00 bits per heavy atom. The summed E-state index contributed by atoms with van der Waals surface area (Å²) in [6.07, 6.45) is 2.82. The fraction of sp³-hybridized carbons (Fsp3) is 0.500. The summed E-state index contributed by atoms with van der Waals surface area (Å²) in [6, 6.07) is 7.17. The summed E-state index contributed by atoms with van der Waals surface area (Å²) in [5.41, 5.74) is 7.75. The van der Waals surface area contributed by atoms with Gasteiger partial charge in [0.15, 0.2) is 0 Å². The standard InChI is InChI=1S/C16H23NO5/c1-12-6-5-8-13(10-12)7-3-2-4-9-21-16(20)22-11-14(17)15(18)19/h5-6,8,10,14H,2-4,7,9,11,17H2,1H3,(H,18,19). The van der Waals surface area contributed by atoms with Crippen LogP contribution in [0.15, 0.2) is 24.3 Å². The molecule has 122 valence electrons. The second kappa shape index (κ2) is 9.78. The number of unbranched alkanes of at least 4 members (excludes halogenated alkanes) is 2. The van der Waals surface area contributed by atoms with E-state index in [1.165, 1.54) is 11.1 Å². The summed E-state index contributed by atoms with van der Waals surface area (Å²) in [4.78, 5) is 21.6. The number of hydrogen-bond donors (Lipinski definition) is 2. The van der Waals surface area contributed by atoms with Crippen molar-refractivity contribution < 1.29 is 24.2 Å². The van der Waals surface area contributed by atoms with Gasteiger partial charge in [-0.15, -0.1) is 0 Å². The molecular formula is C16H23NO5. The number of carboxylic acids is 1. The van der Waals surface area contributed by atoms with Gasteiger partial charge >= 0.3 is 12.1 Å². The predicted molar refractivity (Wildman–Crippen MR) is 81.6 cm³/mol. The van der Waals surface area contributed by atoms with Crippen LogP contribution in [0.2, 0.25) is 0 Å². The number of benzene rings is 1. The van der Waals surface area contributed by atoms with Crippen LogP contribution in [0, 0.1) is 6.92 Å². The average Bonchev–Trinajstić information content (AvgIpc) is 2.48. The maximum Gasteiger partial charge on any atom is 0.508 e. The van der Waals surface area contributed by atoms with Crippen LogP contribution >= 0.6 is 0 Å². The molecule has 3 N–H and O–H groups in total. The van der Waals surface area contributed by atoms with Gasteiger partial charge in [-0.1, -0.05) is 29.8 Å². The van der Waals surface area contributed by atoms with E-state index >= 15 is 0 Å².